The van der Waals surface area contributed by atoms with Crippen molar-refractivity contribution in [2.45, 2.75) is 32.9 Å². The normalized spacial score (nSPS) is 27.1. The van der Waals surface area contributed by atoms with Crippen LogP contribution in [0.1, 0.15) is 27.7 Å². The van der Waals surface area contributed by atoms with Crippen LogP contribution in [0.25, 0.3) is 0 Å². The summed E-state index contributed by atoms with van der Waals surface area (Å²) in [7, 11) is -1.79. The van der Waals surface area contributed by atoms with E-state index in [1.54, 1.807) is 5.57 Å². The van der Waals surface area contributed by atoms with Crippen molar-refractivity contribution < 1.29 is 0 Å². The van der Waals surface area contributed by atoms with Gasteiger partial charge in [0.2, 0.25) is 0 Å². The second-order valence-electron chi connectivity index (χ2n) is 7.79. The Morgan fingerprint density at radius 2 is 1.35 bits per heavy atom. The van der Waals surface area contributed by atoms with E-state index in [2.05, 4.69) is 106 Å². The van der Waals surface area contributed by atoms with Crippen molar-refractivity contribution in [3.8, 4) is 0 Å². The van der Waals surface area contributed by atoms with Crippen LogP contribution in [0.3, 0.4) is 0 Å². The highest BCUT2D eigenvalue weighted by atomic mass is 31.2. The molecule has 2 atom stereocenters. The number of rotatable bonds is 3. The van der Waals surface area contributed by atoms with E-state index >= 15 is 0 Å². The summed E-state index contributed by atoms with van der Waals surface area (Å²) in [5.41, 5.74) is 4.51. The molecule has 0 N–H and O–H groups in total. The third-order valence-corrected chi connectivity index (χ3v) is 14.0. The van der Waals surface area contributed by atoms with Gasteiger partial charge in [-0.3, -0.25) is 0 Å². The maximum atomic E-state index is 2.64. The number of benzene rings is 2. The van der Waals surface area contributed by atoms with E-state index < -0.39 is 7.26 Å². The van der Waals surface area contributed by atoms with Gasteiger partial charge in [-0.25, -0.2) is 0 Å². The summed E-state index contributed by atoms with van der Waals surface area (Å²) >= 11 is 0. The zero-order valence-electron chi connectivity index (χ0n) is 16.1. The van der Waals surface area contributed by atoms with Gasteiger partial charge in [-0.2, -0.15) is 0 Å². The van der Waals surface area contributed by atoms with Crippen LogP contribution in [0.15, 0.2) is 94.8 Å². The lowest BCUT2D eigenvalue weighted by Crippen LogP contribution is -2.34. The van der Waals surface area contributed by atoms with E-state index in [1.807, 2.05) is 0 Å². The fraction of sp³-hybridized carbons (Fsp3) is 0.250. The largest absolute Gasteiger partial charge is 0.115 e. The molecule has 0 saturated carbocycles. The van der Waals surface area contributed by atoms with Crippen LogP contribution < -0.4 is 10.6 Å². The summed E-state index contributed by atoms with van der Waals surface area (Å²) in [6.45, 7) is 9.48. The average Bonchev–Trinajstić information content (AvgIpc) is 3.15. The molecule has 4 rings (SSSR count). The molecule has 26 heavy (non-hydrogen) atoms. The van der Waals surface area contributed by atoms with Crippen LogP contribution in [0.2, 0.25) is 0 Å². The van der Waals surface area contributed by atoms with Gasteiger partial charge in [-0.15, -0.1) is 0 Å². The first kappa shape index (κ1) is 17.9. The highest BCUT2D eigenvalue weighted by Crippen LogP contribution is 2.79. The molecule has 2 heterocycles. The predicted molar refractivity (Wildman–Crippen MR) is 121 cm³/mol. The Morgan fingerprint density at radius 3 is 1.92 bits per heavy atom. The molecule has 2 aliphatic heterocycles. The summed E-state index contributed by atoms with van der Waals surface area (Å²) in [6.07, 6.45) is 1.26. The average molecular weight is 377 g/mol. The summed E-state index contributed by atoms with van der Waals surface area (Å²) < 4.78 is 0. The zero-order chi connectivity index (χ0) is 18.4. The number of allylic oxidation sites excluding steroid dienone is 3. The lowest BCUT2D eigenvalue weighted by molar-refractivity contribution is 0.842. The lowest BCUT2D eigenvalue weighted by Gasteiger charge is -2.36. The topological polar surface area (TPSA) is 0 Å². The van der Waals surface area contributed by atoms with Crippen LogP contribution in [0, 0.1) is 0 Å². The minimum atomic E-state index is -1.56. The second-order valence-corrected chi connectivity index (χ2v) is 13.4. The van der Waals surface area contributed by atoms with Gasteiger partial charge in [0.25, 0.3) is 0 Å². The van der Waals surface area contributed by atoms with Gasteiger partial charge < -0.3 is 0 Å². The monoisotopic (exact) mass is 377 g/mol. The Labute approximate surface area is 159 Å². The van der Waals surface area contributed by atoms with E-state index in [1.165, 1.54) is 27.9 Å². The molecular formula is C24H27P2+. The summed E-state index contributed by atoms with van der Waals surface area (Å²) in [5, 5.41) is 3.25. The zero-order valence-corrected chi connectivity index (χ0v) is 17.9. The first-order valence-electron chi connectivity index (χ1n) is 9.30. The smallest absolute Gasteiger partial charge is 0.0622 e. The molecule has 2 heteroatoms. The first-order chi connectivity index (χ1) is 12.5. The van der Waals surface area contributed by atoms with Gasteiger partial charge in [-0.05, 0) is 69.8 Å². The Morgan fingerprint density at radius 1 is 0.808 bits per heavy atom. The minimum Gasteiger partial charge on any atom is -0.0622 e. The van der Waals surface area contributed by atoms with Crippen LogP contribution in [-0.4, -0.2) is 11.3 Å². The van der Waals surface area contributed by atoms with Crippen molar-refractivity contribution in [2.24, 2.45) is 0 Å². The van der Waals surface area contributed by atoms with Crippen molar-refractivity contribution in [3.63, 3.8) is 0 Å². The SMILES string of the molecule is CC1=C[P+](c2ccccc2)(C2(C)CP(c3ccccc3)C=C2C)C=C1C. The molecule has 2 aromatic carbocycles. The van der Waals surface area contributed by atoms with Crippen LogP contribution in [0.5, 0.6) is 0 Å². The lowest BCUT2D eigenvalue weighted by atomic mass is 10.1. The van der Waals surface area contributed by atoms with E-state index in [-0.39, 0.29) is 13.1 Å². The second kappa shape index (κ2) is 6.60. The first-order valence-corrected chi connectivity index (χ1v) is 12.8. The van der Waals surface area contributed by atoms with Crippen LogP contribution in [-0.2, 0) is 0 Å². The van der Waals surface area contributed by atoms with Crippen molar-refractivity contribution in [1.82, 2.24) is 0 Å². The molecule has 0 amide bonds. The number of hydrogen-bond acceptors (Lipinski definition) is 0. The quantitative estimate of drug-likeness (QED) is 0.526. The molecule has 0 aliphatic carbocycles. The fourth-order valence-corrected chi connectivity index (χ4v) is 12.9. The summed E-state index contributed by atoms with van der Waals surface area (Å²) in [5.74, 6) is 7.87. The highest BCUT2D eigenvalue weighted by molar-refractivity contribution is 7.91. The molecule has 2 aromatic rings. The van der Waals surface area contributed by atoms with Gasteiger partial charge in [0.1, 0.15) is 17.7 Å². The summed E-state index contributed by atoms with van der Waals surface area (Å²) in [4.78, 5) is 0. The molecule has 0 aromatic heterocycles. The molecular weight excluding hydrogens is 350 g/mol. The molecule has 0 nitrogen and oxygen atoms in total. The Hall–Kier alpha value is -1.48. The molecule has 0 bridgehead atoms. The van der Waals surface area contributed by atoms with E-state index in [9.17, 15) is 0 Å². The standard InChI is InChI=1S/C24H27P2/c1-19-16-26(17-20(19)2,23-13-9-6-10-14-23)24(4)18-25(15-21(24)3)22-11-7-5-8-12-22/h5-17H,18H2,1-4H3/q+1. The minimum absolute atomic E-state index is 0.217. The van der Waals surface area contributed by atoms with Gasteiger partial charge in [-0.1, -0.05) is 54.3 Å². The van der Waals surface area contributed by atoms with E-state index in [0.29, 0.717) is 0 Å². The van der Waals surface area contributed by atoms with Crippen molar-refractivity contribution in [2.75, 3.05) is 6.16 Å². The number of hydrogen-bond donors (Lipinski definition) is 0. The third-order valence-electron chi connectivity index (χ3n) is 6.18. The molecule has 132 valence electrons. The Balaban J connectivity index is 1.84. The molecule has 0 fully saturated rings. The molecule has 0 radical (unpaired) electrons. The molecule has 0 spiro atoms. The van der Waals surface area contributed by atoms with Crippen molar-refractivity contribution in [1.29, 1.82) is 0 Å². The highest BCUT2D eigenvalue weighted by Gasteiger charge is 2.60. The Kier molecular flexibility index (Phi) is 4.54. The third kappa shape index (κ3) is 2.67. The van der Waals surface area contributed by atoms with Crippen molar-refractivity contribution >= 4 is 25.8 Å². The van der Waals surface area contributed by atoms with Crippen molar-refractivity contribution in [3.05, 3.63) is 94.8 Å². The Bertz CT molecular complexity index is 888. The predicted octanol–water partition coefficient (Wildman–Crippen LogP) is 6.63. The maximum absolute atomic E-state index is 2.64. The fourth-order valence-electron chi connectivity index (χ4n) is 4.31. The molecule has 0 saturated heterocycles. The van der Waals surface area contributed by atoms with E-state index in [0.717, 1.165) is 0 Å². The molecule has 2 aliphatic rings. The summed E-state index contributed by atoms with van der Waals surface area (Å²) in [6, 6.07) is 22.4. The van der Waals surface area contributed by atoms with E-state index in [4.69, 9.17) is 0 Å². The van der Waals surface area contributed by atoms with Gasteiger partial charge >= 0.3 is 0 Å². The van der Waals surface area contributed by atoms with Crippen LogP contribution in [0.4, 0.5) is 0 Å². The van der Waals surface area contributed by atoms with Crippen LogP contribution >= 0.6 is 15.2 Å². The van der Waals surface area contributed by atoms with Gasteiger partial charge in [0.15, 0.2) is 0 Å². The maximum Gasteiger partial charge on any atom is 0.115 e. The van der Waals surface area contributed by atoms with Gasteiger partial charge in [0, 0.05) is 6.16 Å². The molecule has 2 unspecified atom stereocenters. The van der Waals surface area contributed by atoms with Gasteiger partial charge in [0.05, 0.1) is 11.6 Å².